The van der Waals surface area contributed by atoms with Crippen LogP contribution in [0.25, 0.3) is 0 Å². The molecule has 2 amide bonds. The second kappa shape index (κ2) is 7.78. The summed E-state index contributed by atoms with van der Waals surface area (Å²) in [7, 11) is 0. The molecule has 0 fully saturated rings. The predicted octanol–water partition coefficient (Wildman–Crippen LogP) is 2.87. The highest BCUT2D eigenvalue weighted by Crippen LogP contribution is 2.15. The van der Waals surface area contributed by atoms with Crippen LogP contribution in [-0.4, -0.2) is 18.6 Å². The number of carbonyl (C=O) groups excluding carboxylic acids is 2. The molecule has 1 rings (SSSR count). The number of amides is 2. The van der Waals surface area contributed by atoms with E-state index in [0.717, 1.165) is 6.42 Å². The van der Waals surface area contributed by atoms with Gasteiger partial charge in [0.2, 0.25) is 0 Å². The zero-order valence-electron chi connectivity index (χ0n) is 10.9. The molecule has 0 saturated heterocycles. The molecular formula is C13H17BrN2O3. The summed E-state index contributed by atoms with van der Waals surface area (Å²) in [6.07, 6.45) is 0.118. The fourth-order valence-corrected chi connectivity index (χ4v) is 1.71. The lowest BCUT2D eigenvalue weighted by molar-refractivity contribution is 0.0905. The molecule has 2 N–H and O–H groups in total. The first-order valence-electron chi connectivity index (χ1n) is 5.98. The van der Waals surface area contributed by atoms with Gasteiger partial charge in [0.05, 0.1) is 12.2 Å². The molecule has 19 heavy (non-hydrogen) atoms. The van der Waals surface area contributed by atoms with Gasteiger partial charge in [0.25, 0.3) is 5.91 Å². The summed E-state index contributed by atoms with van der Waals surface area (Å²) in [5, 5.41) is 0. The van der Waals surface area contributed by atoms with E-state index < -0.39 is 12.0 Å². The summed E-state index contributed by atoms with van der Waals surface area (Å²) in [6, 6.07) is 6.93. The van der Waals surface area contributed by atoms with Gasteiger partial charge < -0.3 is 4.74 Å². The molecule has 6 heteroatoms. The monoisotopic (exact) mass is 328 g/mol. The number of hydrazine groups is 1. The topological polar surface area (TPSA) is 67.4 Å². The number of carbonyl (C=O) groups is 2. The van der Waals surface area contributed by atoms with Gasteiger partial charge in [-0.25, -0.2) is 10.2 Å². The summed E-state index contributed by atoms with van der Waals surface area (Å²) >= 11 is 3.26. The van der Waals surface area contributed by atoms with E-state index in [4.69, 9.17) is 4.74 Å². The molecule has 0 aromatic heterocycles. The normalized spacial score (nSPS) is 10.1. The molecule has 0 spiro atoms. The maximum atomic E-state index is 11.7. The lowest BCUT2D eigenvalue weighted by Crippen LogP contribution is -2.42. The summed E-state index contributed by atoms with van der Waals surface area (Å²) in [5.74, 6) is 0.0518. The van der Waals surface area contributed by atoms with E-state index in [1.165, 1.54) is 0 Å². The largest absolute Gasteiger partial charge is 0.448 e. The third-order valence-electron chi connectivity index (χ3n) is 2.32. The van der Waals surface area contributed by atoms with Crippen LogP contribution in [0.4, 0.5) is 4.79 Å². The van der Waals surface area contributed by atoms with E-state index in [1.54, 1.807) is 24.3 Å². The van der Waals surface area contributed by atoms with Gasteiger partial charge in [-0.1, -0.05) is 26.0 Å². The first kappa shape index (κ1) is 15.5. The van der Waals surface area contributed by atoms with E-state index in [1.807, 2.05) is 13.8 Å². The highest BCUT2D eigenvalue weighted by atomic mass is 79.9. The highest BCUT2D eigenvalue weighted by molar-refractivity contribution is 9.10. The van der Waals surface area contributed by atoms with Crippen molar-refractivity contribution in [2.75, 3.05) is 6.61 Å². The molecular weight excluding hydrogens is 312 g/mol. The first-order valence-corrected chi connectivity index (χ1v) is 6.77. The van der Waals surface area contributed by atoms with Crippen molar-refractivity contribution in [2.45, 2.75) is 20.3 Å². The van der Waals surface area contributed by atoms with Crippen LogP contribution < -0.4 is 10.9 Å². The number of hydrogen-bond acceptors (Lipinski definition) is 3. The quantitative estimate of drug-likeness (QED) is 0.835. The average Bonchev–Trinajstić information content (AvgIpc) is 2.36. The molecule has 0 atom stereocenters. The Hall–Kier alpha value is -1.56. The van der Waals surface area contributed by atoms with Crippen molar-refractivity contribution in [1.82, 2.24) is 10.9 Å². The minimum absolute atomic E-state index is 0.328. The van der Waals surface area contributed by atoms with Crippen LogP contribution in [0.5, 0.6) is 0 Å². The summed E-state index contributed by atoms with van der Waals surface area (Å²) < 4.78 is 5.55. The van der Waals surface area contributed by atoms with Gasteiger partial charge in [-0.2, -0.15) is 0 Å². The number of rotatable bonds is 4. The molecule has 1 aromatic rings. The van der Waals surface area contributed by atoms with E-state index in [0.29, 0.717) is 22.6 Å². The molecule has 0 heterocycles. The average molecular weight is 329 g/mol. The lowest BCUT2D eigenvalue weighted by Gasteiger charge is -2.10. The number of ether oxygens (including phenoxy) is 1. The maximum Gasteiger partial charge on any atom is 0.426 e. The number of halogens is 1. The minimum atomic E-state index is -0.666. The van der Waals surface area contributed by atoms with E-state index in [2.05, 4.69) is 26.8 Å². The Bertz CT molecular complexity index is 449. The van der Waals surface area contributed by atoms with Gasteiger partial charge in [0.1, 0.15) is 0 Å². The molecule has 0 aliphatic heterocycles. The van der Waals surface area contributed by atoms with Crippen molar-refractivity contribution < 1.29 is 14.3 Å². The van der Waals surface area contributed by atoms with Crippen molar-refractivity contribution in [3.8, 4) is 0 Å². The molecule has 5 nitrogen and oxygen atoms in total. The van der Waals surface area contributed by atoms with Crippen LogP contribution in [0.15, 0.2) is 28.7 Å². The van der Waals surface area contributed by atoms with Gasteiger partial charge >= 0.3 is 6.09 Å². The van der Waals surface area contributed by atoms with Crippen molar-refractivity contribution in [1.29, 1.82) is 0 Å². The van der Waals surface area contributed by atoms with Crippen molar-refractivity contribution in [2.24, 2.45) is 5.92 Å². The Labute approximate surface area is 120 Å². The zero-order valence-corrected chi connectivity index (χ0v) is 12.5. The highest BCUT2D eigenvalue weighted by Gasteiger charge is 2.10. The third-order valence-corrected chi connectivity index (χ3v) is 3.02. The SMILES string of the molecule is CC(C)CCOC(=O)NNC(=O)c1ccccc1Br. The van der Waals surface area contributed by atoms with Crippen LogP contribution >= 0.6 is 15.9 Å². The fraction of sp³-hybridized carbons (Fsp3) is 0.385. The first-order chi connectivity index (χ1) is 9.00. The lowest BCUT2D eigenvalue weighted by atomic mass is 10.1. The molecule has 0 aliphatic carbocycles. The van der Waals surface area contributed by atoms with E-state index >= 15 is 0 Å². The van der Waals surface area contributed by atoms with Gasteiger partial charge in [0, 0.05) is 4.47 Å². The number of hydrogen-bond donors (Lipinski definition) is 2. The van der Waals surface area contributed by atoms with Gasteiger partial charge in [-0.15, -0.1) is 0 Å². The Morgan fingerprint density at radius 1 is 1.26 bits per heavy atom. The standard InChI is InChI=1S/C13H17BrN2O3/c1-9(2)7-8-19-13(18)16-15-12(17)10-5-3-4-6-11(10)14/h3-6,9H,7-8H2,1-2H3,(H,15,17)(H,16,18). The Morgan fingerprint density at radius 2 is 1.95 bits per heavy atom. The molecule has 0 unspecified atom stereocenters. The fourth-order valence-electron chi connectivity index (χ4n) is 1.24. The Balaban J connectivity index is 2.34. The third kappa shape index (κ3) is 5.74. The van der Waals surface area contributed by atoms with Gasteiger partial charge in [-0.05, 0) is 40.4 Å². The predicted molar refractivity (Wildman–Crippen MR) is 75.5 cm³/mol. The van der Waals surface area contributed by atoms with Crippen LogP contribution in [-0.2, 0) is 4.74 Å². The number of benzene rings is 1. The zero-order chi connectivity index (χ0) is 14.3. The molecule has 0 saturated carbocycles. The van der Waals surface area contributed by atoms with Gasteiger partial charge in [0.15, 0.2) is 0 Å². The van der Waals surface area contributed by atoms with E-state index in [-0.39, 0.29) is 0 Å². The maximum absolute atomic E-state index is 11.7. The van der Waals surface area contributed by atoms with E-state index in [9.17, 15) is 9.59 Å². The Morgan fingerprint density at radius 3 is 2.58 bits per heavy atom. The van der Waals surface area contributed by atoms with Crippen molar-refractivity contribution >= 4 is 27.9 Å². The van der Waals surface area contributed by atoms with Crippen molar-refractivity contribution in [3.63, 3.8) is 0 Å². The molecule has 0 radical (unpaired) electrons. The molecule has 1 aromatic carbocycles. The summed E-state index contributed by atoms with van der Waals surface area (Å²) in [5.41, 5.74) is 4.92. The van der Waals surface area contributed by atoms with Gasteiger partial charge in [-0.3, -0.25) is 10.2 Å². The molecule has 0 bridgehead atoms. The second-order valence-electron chi connectivity index (χ2n) is 4.38. The molecule has 104 valence electrons. The summed E-state index contributed by atoms with van der Waals surface area (Å²) in [6.45, 7) is 4.40. The van der Waals surface area contributed by atoms with Crippen molar-refractivity contribution in [3.05, 3.63) is 34.3 Å². The summed E-state index contributed by atoms with van der Waals surface area (Å²) in [4.78, 5) is 23.0. The van der Waals surface area contributed by atoms with Crippen LogP contribution in [0, 0.1) is 5.92 Å². The van der Waals surface area contributed by atoms with Crippen LogP contribution in [0.2, 0.25) is 0 Å². The van der Waals surface area contributed by atoms with Crippen LogP contribution in [0.1, 0.15) is 30.6 Å². The van der Waals surface area contributed by atoms with Crippen LogP contribution in [0.3, 0.4) is 0 Å². The second-order valence-corrected chi connectivity index (χ2v) is 5.23. The Kier molecular flexibility index (Phi) is 6.35. The minimum Gasteiger partial charge on any atom is -0.448 e. The molecule has 0 aliphatic rings. The smallest absolute Gasteiger partial charge is 0.426 e. The number of nitrogens with one attached hydrogen (secondary N) is 2.